The molecule has 1 heterocycles. The van der Waals surface area contributed by atoms with Gasteiger partial charge in [0.2, 0.25) is 0 Å². The molecule has 0 aliphatic carbocycles. The quantitative estimate of drug-likeness (QED) is 0.690. The lowest BCUT2D eigenvalue weighted by Gasteiger charge is -2.18. The molecule has 1 aromatic carbocycles. The van der Waals surface area contributed by atoms with Crippen LogP contribution in [0.3, 0.4) is 0 Å². The van der Waals surface area contributed by atoms with Gasteiger partial charge in [-0.25, -0.2) is 0 Å². The molecule has 0 radical (unpaired) electrons. The van der Waals surface area contributed by atoms with Crippen LogP contribution in [0, 0.1) is 0 Å². The van der Waals surface area contributed by atoms with E-state index in [-0.39, 0.29) is 12.1 Å². The molecule has 0 fully saturated rings. The highest BCUT2D eigenvalue weighted by atomic mass is 79.9. The zero-order valence-electron chi connectivity index (χ0n) is 12.3. The van der Waals surface area contributed by atoms with E-state index >= 15 is 0 Å². The van der Waals surface area contributed by atoms with Crippen LogP contribution in [-0.2, 0) is 0 Å². The van der Waals surface area contributed by atoms with Crippen LogP contribution in [-0.4, -0.2) is 12.6 Å². The van der Waals surface area contributed by atoms with Crippen molar-refractivity contribution in [2.24, 2.45) is 0 Å². The first kappa shape index (κ1) is 16.8. The lowest BCUT2D eigenvalue weighted by molar-refractivity contribution is 0.242. The Morgan fingerprint density at radius 1 is 1.33 bits per heavy atom. The fourth-order valence-corrected chi connectivity index (χ4v) is 3.98. The SMILES string of the molecule is CCNC(c1cccc(OC(C)C)c1)c1cc(Cl)c(Br)s1. The molecule has 0 spiro atoms. The Morgan fingerprint density at radius 3 is 2.67 bits per heavy atom. The van der Waals surface area contributed by atoms with E-state index in [0.717, 1.165) is 21.1 Å². The highest BCUT2D eigenvalue weighted by molar-refractivity contribution is 9.11. The molecule has 1 aromatic heterocycles. The monoisotopic (exact) mass is 387 g/mol. The van der Waals surface area contributed by atoms with Crippen molar-refractivity contribution < 1.29 is 4.74 Å². The third kappa shape index (κ3) is 4.46. The van der Waals surface area contributed by atoms with Gasteiger partial charge in [-0.05, 0) is 60.1 Å². The molecule has 5 heteroatoms. The number of hydrogen-bond acceptors (Lipinski definition) is 3. The molecular formula is C16H19BrClNOS. The van der Waals surface area contributed by atoms with Crippen molar-refractivity contribution in [2.45, 2.75) is 32.9 Å². The molecule has 0 saturated heterocycles. The Hall–Kier alpha value is -0.550. The first-order valence-electron chi connectivity index (χ1n) is 6.96. The highest BCUT2D eigenvalue weighted by Crippen LogP contribution is 2.38. The summed E-state index contributed by atoms with van der Waals surface area (Å²) in [5.41, 5.74) is 1.18. The zero-order valence-corrected chi connectivity index (χ0v) is 15.5. The van der Waals surface area contributed by atoms with Crippen molar-refractivity contribution in [1.82, 2.24) is 5.32 Å². The largest absolute Gasteiger partial charge is 0.491 e. The average molecular weight is 389 g/mol. The summed E-state index contributed by atoms with van der Waals surface area (Å²) in [5.74, 6) is 0.895. The van der Waals surface area contributed by atoms with Gasteiger partial charge < -0.3 is 10.1 Å². The van der Waals surface area contributed by atoms with Crippen LogP contribution in [0.25, 0.3) is 0 Å². The standard InChI is InChI=1S/C16H19BrClNOS/c1-4-19-15(14-9-13(18)16(17)21-14)11-6-5-7-12(8-11)20-10(2)3/h5-10,15,19H,4H2,1-3H3. The number of rotatable bonds is 6. The van der Waals surface area contributed by atoms with Crippen LogP contribution < -0.4 is 10.1 Å². The van der Waals surface area contributed by atoms with Crippen LogP contribution in [0.5, 0.6) is 5.75 Å². The van der Waals surface area contributed by atoms with Crippen molar-refractivity contribution >= 4 is 38.9 Å². The highest BCUT2D eigenvalue weighted by Gasteiger charge is 2.18. The minimum Gasteiger partial charge on any atom is -0.491 e. The van der Waals surface area contributed by atoms with E-state index in [1.807, 2.05) is 32.0 Å². The molecule has 0 bridgehead atoms. The van der Waals surface area contributed by atoms with Gasteiger partial charge in [-0.3, -0.25) is 0 Å². The number of hydrogen-bond donors (Lipinski definition) is 1. The van der Waals surface area contributed by atoms with Gasteiger partial charge in [-0.1, -0.05) is 30.7 Å². The van der Waals surface area contributed by atoms with E-state index in [1.54, 1.807) is 11.3 Å². The molecule has 1 unspecified atom stereocenters. The molecule has 21 heavy (non-hydrogen) atoms. The van der Waals surface area contributed by atoms with E-state index in [4.69, 9.17) is 16.3 Å². The molecule has 2 aromatic rings. The first-order valence-corrected chi connectivity index (χ1v) is 8.94. The molecule has 1 N–H and O–H groups in total. The fraction of sp³-hybridized carbons (Fsp3) is 0.375. The van der Waals surface area contributed by atoms with Gasteiger partial charge in [0.15, 0.2) is 0 Å². The minimum absolute atomic E-state index is 0.125. The van der Waals surface area contributed by atoms with Crippen LogP contribution in [0.2, 0.25) is 5.02 Å². The summed E-state index contributed by atoms with van der Waals surface area (Å²) < 4.78 is 6.76. The van der Waals surface area contributed by atoms with Gasteiger partial charge in [0, 0.05) is 4.88 Å². The molecule has 0 saturated carbocycles. The van der Waals surface area contributed by atoms with Gasteiger partial charge in [-0.2, -0.15) is 0 Å². The number of thiophene rings is 1. The second-order valence-electron chi connectivity index (χ2n) is 5.00. The van der Waals surface area contributed by atoms with Crippen molar-refractivity contribution in [3.8, 4) is 5.75 Å². The van der Waals surface area contributed by atoms with Gasteiger partial charge in [0.1, 0.15) is 5.75 Å². The van der Waals surface area contributed by atoms with E-state index < -0.39 is 0 Å². The summed E-state index contributed by atoms with van der Waals surface area (Å²) in [5, 5.41) is 4.27. The third-order valence-electron chi connectivity index (χ3n) is 2.92. The number of ether oxygens (including phenoxy) is 1. The van der Waals surface area contributed by atoms with E-state index in [9.17, 15) is 0 Å². The van der Waals surface area contributed by atoms with Gasteiger partial charge >= 0.3 is 0 Å². The maximum absolute atomic E-state index is 6.17. The molecular weight excluding hydrogens is 370 g/mol. The summed E-state index contributed by atoms with van der Waals surface area (Å²) in [6.45, 7) is 7.05. The summed E-state index contributed by atoms with van der Waals surface area (Å²) in [6.07, 6.45) is 0.170. The Labute approximate surface area is 143 Å². The maximum Gasteiger partial charge on any atom is 0.120 e. The Balaban J connectivity index is 2.33. The average Bonchev–Trinajstić information content (AvgIpc) is 2.75. The normalized spacial score (nSPS) is 12.7. The molecule has 2 rings (SSSR count). The molecule has 1 atom stereocenters. The predicted molar refractivity (Wildman–Crippen MR) is 94.8 cm³/mol. The van der Waals surface area contributed by atoms with Crippen LogP contribution in [0.15, 0.2) is 34.1 Å². The summed E-state index contributed by atoms with van der Waals surface area (Å²) >= 11 is 11.3. The molecule has 2 nitrogen and oxygen atoms in total. The fourth-order valence-electron chi connectivity index (χ4n) is 2.13. The lowest BCUT2D eigenvalue weighted by atomic mass is 10.0. The van der Waals surface area contributed by atoms with Gasteiger partial charge in [0.05, 0.1) is 21.0 Å². The Kier molecular flexibility index (Phi) is 6.11. The third-order valence-corrected chi connectivity index (χ3v) is 5.46. The zero-order chi connectivity index (χ0) is 15.4. The van der Waals surface area contributed by atoms with E-state index in [0.29, 0.717) is 0 Å². The summed E-state index contributed by atoms with van der Waals surface area (Å²) in [7, 11) is 0. The molecule has 0 aliphatic rings. The lowest BCUT2D eigenvalue weighted by Crippen LogP contribution is -2.21. The Bertz CT molecular complexity index is 580. The summed E-state index contributed by atoms with van der Waals surface area (Å²) in [6, 6.07) is 10.4. The van der Waals surface area contributed by atoms with E-state index in [2.05, 4.69) is 40.3 Å². The van der Waals surface area contributed by atoms with Crippen molar-refractivity contribution in [3.05, 3.63) is 49.6 Å². The van der Waals surface area contributed by atoms with Crippen LogP contribution >= 0.6 is 38.9 Å². The molecule has 114 valence electrons. The second-order valence-corrected chi connectivity index (χ2v) is 7.81. The number of halogens is 2. The number of benzene rings is 1. The van der Waals surface area contributed by atoms with E-state index in [1.165, 1.54) is 10.4 Å². The van der Waals surface area contributed by atoms with Gasteiger partial charge in [-0.15, -0.1) is 11.3 Å². The molecule has 0 aliphatic heterocycles. The van der Waals surface area contributed by atoms with Crippen molar-refractivity contribution in [3.63, 3.8) is 0 Å². The van der Waals surface area contributed by atoms with Crippen LogP contribution in [0.1, 0.15) is 37.3 Å². The van der Waals surface area contributed by atoms with Crippen molar-refractivity contribution in [1.29, 1.82) is 0 Å². The Morgan fingerprint density at radius 2 is 2.10 bits per heavy atom. The summed E-state index contributed by atoms with van der Waals surface area (Å²) in [4.78, 5) is 1.19. The van der Waals surface area contributed by atoms with Gasteiger partial charge in [0.25, 0.3) is 0 Å². The molecule has 0 amide bonds. The topological polar surface area (TPSA) is 21.3 Å². The maximum atomic E-state index is 6.17. The number of nitrogens with one attached hydrogen (secondary N) is 1. The first-order chi connectivity index (χ1) is 10.0. The second kappa shape index (κ2) is 7.63. The van der Waals surface area contributed by atoms with Crippen LogP contribution in [0.4, 0.5) is 0 Å². The minimum atomic E-state index is 0.125. The smallest absolute Gasteiger partial charge is 0.120 e. The predicted octanol–water partition coefficient (Wildman–Crippen LogP) is 5.65. The van der Waals surface area contributed by atoms with Crippen molar-refractivity contribution in [2.75, 3.05) is 6.54 Å².